The molecule has 0 aliphatic heterocycles. The fraction of sp³-hybridized carbons (Fsp3) is 0.400. The lowest BCUT2D eigenvalue weighted by Gasteiger charge is -2.13. The van der Waals surface area contributed by atoms with Gasteiger partial charge in [0.25, 0.3) is 0 Å². The molecule has 0 amide bonds. The van der Waals surface area contributed by atoms with E-state index in [-0.39, 0.29) is 12.6 Å². The number of hydrogen-bond donors (Lipinski definition) is 2. The van der Waals surface area contributed by atoms with Crippen molar-refractivity contribution in [2.24, 2.45) is 0 Å². The summed E-state index contributed by atoms with van der Waals surface area (Å²) in [5.41, 5.74) is 0.664. The third kappa shape index (κ3) is 2.75. The molecular weight excluding hydrogens is 188 g/mol. The molecule has 1 aromatic carbocycles. The van der Waals surface area contributed by atoms with Crippen LogP contribution in [0.1, 0.15) is 18.5 Å². The van der Waals surface area contributed by atoms with Crippen molar-refractivity contribution >= 4 is 0 Å². The first-order valence-corrected chi connectivity index (χ1v) is 4.44. The summed E-state index contributed by atoms with van der Waals surface area (Å²) in [6, 6.07) is 3.68. The zero-order valence-corrected chi connectivity index (χ0v) is 7.93. The maximum Gasteiger partial charge on any atom is 0.159 e. The van der Waals surface area contributed by atoms with Gasteiger partial charge in [0.2, 0.25) is 0 Å². The maximum atomic E-state index is 12.8. The number of aliphatic hydroxyl groups excluding tert-OH is 1. The Bertz CT molecular complexity index is 304. The lowest BCUT2D eigenvalue weighted by molar-refractivity contribution is 0.286. The van der Waals surface area contributed by atoms with Crippen molar-refractivity contribution in [1.29, 1.82) is 0 Å². The SMILES string of the molecule is C[C@@H](NCCO)c1ccc(F)c(F)c1. The monoisotopic (exact) mass is 201 g/mol. The maximum absolute atomic E-state index is 12.8. The van der Waals surface area contributed by atoms with Gasteiger partial charge >= 0.3 is 0 Å². The van der Waals surface area contributed by atoms with E-state index in [1.807, 2.05) is 6.92 Å². The molecule has 2 N–H and O–H groups in total. The van der Waals surface area contributed by atoms with Gasteiger partial charge in [-0.25, -0.2) is 8.78 Å². The minimum Gasteiger partial charge on any atom is -0.395 e. The molecule has 0 saturated carbocycles. The predicted octanol–water partition coefficient (Wildman–Crippen LogP) is 1.61. The average molecular weight is 201 g/mol. The average Bonchev–Trinajstić information content (AvgIpc) is 2.18. The molecule has 78 valence electrons. The normalized spacial score (nSPS) is 12.9. The fourth-order valence-electron chi connectivity index (χ4n) is 1.18. The summed E-state index contributed by atoms with van der Waals surface area (Å²) in [4.78, 5) is 0. The van der Waals surface area contributed by atoms with E-state index in [4.69, 9.17) is 5.11 Å². The van der Waals surface area contributed by atoms with E-state index in [0.717, 1.165) is 12.1 Å². The van der Waals surface area contributed by atoms with Crippen LogP contribution in [0.4, 0.5) is 8.78 Å². The van der Waals surface area contributed by atoms with Gasteiger partial charge in [-0.15, -0.1) is 0 Å². The van der Waals surface area contributed by atoms with Crippen LogP contribution in [0.3, 0.4) is 0 Å². The van der Waals surface area contributed by atoms with Crippen molar-refractivity contribution in [3.63, 3.8) is 0 Å². The summed E-state index contributed by atoms with van der Waals surface area (Å²) < 4.78 is 25.4. The van der Waals surface area contributed by atoms with Crippen molar-refractivity contribution in [3.05, 3.63) is 35.4 Å². The molecule has 0 bridgehead atoms. The largest absolute Gasteiger partial charge is 0.395 e. The van der Waals surface area contributed by atoms with Gasteiger partial charge in [0.05, 0.1) is 6.61 Å². The van der Waals surface area contributed by atoms with Crippen molar-refractivity contribution in [1.82, 2.24) is 5.32 Å². The minimum atomic E-state index is -0.847. The first-order chi connectivity index (χ1) is 6.65. The standard InChI is InChI=1S/C10H13F2NO/c1-7(13-4-5-14)8-2-3-9(11)10(12)6-8/h2-3,6-7,13-14H,4-5H2,1H3/t7-/m1/s1. The molecule has 0 heterocycles. The van der Waals surface area contributed by atoms with Crippen LogP contribution in [0.25, 0.3) is 0 Å². The zero-order chi connectivity index (χ0) is 10.6. The Morgan fingerprint density at radius 1 is 1.36 bits per heavy atom. The molecule has 0 radical (unpaired) electrons. The predicted molar refractivity (Wildman–Crippen MR) is 49.9 cm³/mol. The highest BCUT2D eigenvalue weighted by Gasteiger charge is 2.07. The van der Waals surface area contributed by atoms with E-state index in [0.29, 0.717) is 12.1 Å². The zero-order valence-electron chi connectivity index (χ0n) is 7.93. The first kappa shape index (κ1) is 11.1. The third-order valence-electron chi connectivity index (χ3n) is 2.01. The molecule has 4 heteroatoms. The van der Waals surface area contributed by atoms with Crippen LogP contribution in [0, 0.1) is 11.6 Å². The van der Waals surface area contributed by atoms with Gasteiger partial charge in [0.15, 0.2) is 11.6 Å². The lowest BCUT2D eigenvalue weighted by Crippen LogP contribution is -2.22. The van der Waals surface area contributed by atoms with Gasteiger partial charge in [-0.1, -0.05) is 6.07 Å². The second kappa shape index (κ2) is 5.02. The molecule has 0 fully saturated rings. The quantitative estimate of drug-likeness (QED) is 0.775. The van der Waals surface area contributed by atoms with Gasteiger partial charge in [-0.3, -0.25) is 0 Å². The fourth-order valence-corrected chi connectivity index (χ4v) is 1.18. The summed E-state index contributed by atoms with van der Waals surface area (Å²) in [6.07, 6.45) is 0. The van der Waals surface area contributed by atoms with Crippen LogP contribution in [0.2, 0.25) is 0 Å². The highest BCUT2D eigenvalue weighted by molar-refractivity contribution is 5.20. The van der Waals surface area contributed by atoms with Crippen LogP contribution in [-0.4, -0.2) is 18.3 Å². The van der Waals surface area contributed by atoms with Crippen molar-refractivity contribution in [2.45, 2.75) is 13.0 Å². The van der Waals surface area contributed by atoms with Crippen LogP contribution in [0.15, 0.2) is 18.2 Å². The number of rotatable bonds is 4. The van der Waals surface area contributed by atoms with Crippen molar-refractivity contribution in [2.75, 3.05) is 13.2 Å². The summed E-state index contributed by atoms with van der Waals surface area (Å²) >= 11 is 0. The summed E-state index contributed by atoms with van der Waals surface area (Å²) in [5.74, 6) is -1.69. The molecule has 2 nitrogen and oxygen atoms in total. The second-order valence-electron chi connectivity index (χ2n) is 3.07. The van der Waals surface area contributed by atoms with E-state index in [9.17, 15) is 8.78 Å². The molecule has 1 aromatic rings. The molecule has 1 rings (SSSR count). The molecule has 0 aliphatic rings. The van der Waals surface area contributed by atoms with Gasteiger partial charge in [0, 0.05) is 12.6 Å². The van der Waals surface area contributed by atoms with Gasteiger partial charge in [0.1, 0.15) is 0 Å². The molecule has 0 saturated heterocycles. The van der Waals surface area contributed by atoms with Gasteiger partial charge in [-0.05, 0) is 24.6 Å². The summed E-state index contributed by atoms with van der Waals surface area (Å²) in [7, 11) is 0. The van der Waals surface area contributed by atoms with Crippen LogP contribution >= 0.6 is 0 Å². The van der Waals surface area contributed by atoms with Crippen molar-refractivity contribution < 1.29 is 13.9 Å². The van der Waals surface area contributed by atoms with Gasteiger partial charge < -0.3 is 10.4 Å². The van der Waals surface area contributed by atoms with Crippen LogP contribution in [0.5, 0.6) is 0 Å². The molecule has 0 aliphatic carbocycles. The third-order valence-corrected chi connectivity index (χ3v) is 2.01. The molecule has 14 heavy (non-hydrogen) atoms. The Morgan fingerprint density at radius 3 is 2.64 bits per heavy atom. The van der Waals surface area contributed by atoms with Crippen molar-refractivity contribution in [3.8, 4) is 0 Å². The van der Waals surface area contributed by atoms with Crippen LogP contribution < -0.4 is 5.32 Å². The van der Waals surface area contributed by atoms with E-state index < -0.39 is 11.6 Å². The Labute approximate surface area is 81.6 Å². The second-order valence-corrected chi connectivity index (χ2v) is 3.07. The number of hydrogen-bond acceptors (Lipinski definition) is 2. The van der Waals surface area contributed by atoms with E-state index in [2.05, 4.69) is 5.32 Å². The van der Waals surface area contributed by atoms with Crippen LogP contribution in [-0.2, 0) is 0 Å². The molecule has 0 aromatic heterocycles. The number of halogens is 2. The Kier molecular flexibility index (Phi) is 3.98. The Morgan fingerprint density at radius 2 is 2.07 bits per heavy atom. The Hall–Kier alpha value is -1.00. The number of nitrogens with one attached hydrogen (secondary N) is 1. The molecule has 0 unspecified atom stereocenters. The first-order valence-electron chi connectivity index (χ1n) is 4.44. The van der Waals surface area contributed by atoms with Gasteiger partial charge in [-0.2, -0.15) is 0 Å². The van der Waals surface area contributed by atoms with E-state index in [1.165, 1.54) is 6.07 Å². The Balaban J connectivity index is 2.70. The summed E-state index contributed by atoms with van der Waals surface area (Å²) in [6.45, 7) is 2.27. The number of benzene rings is 1. The highest BCUT2D eigenvalue weighted by atomic mass is 19.2. The molecule has 0 spiro atoms. The molecule has 1 atom stereocenters. The minimum absolute atomic E-state index is 0.0218. The topological polar surface area (TPSA) is 32.3 Å². The number of aliphatic hydroxyl groups is 1. The summed E-state index contributed by atoms with van der Waals surface area (Å²) in [5, 5.41) is 11.5. The van der Waals surface area contributed by atoms with E-state index in [1.54, 1.807) is 0 Å². The highest BCUT2D eigenvalue weighted by Crippen LogP contribution is 2.15. The van der Waals surface area contributed by atoms with E-state index >= 15 is 0 Å². The molecular formula is C10H13F2NO. The smallest absolute Gasteiger partial charge is 0.159 e. The lowest BCUT2D eigenvalue weighted by atomic mass is 10.1.